The van der Waals surface area contributed by atoms with Gasteiger partial charge in [0, 0.05) is 23.7 Å². The lowest BCUT2D eigenvalue weighted by atomic mass is 10.0. The number of fused-ring (bicyclic) bond motifs is 3. The fourth-order valence-electron chi connectivity index (χ4n) is 2.43. The van der Waals surface area contributed by atoms with E-state index in [1.165, 1.54) is 14.2 Å². The van der Waals surface area contributed by atoms with Gasteiger partial charge in [-0.1, -0.05) is 30.3 Å². The SMILES string of the molecule is CON(C)C(=O)c1ccc2c(c1)C(=O)c1ccccc1-2. The molecule has 0 saturated heterocycles. The summed E-state index contributed by atoms with van der Waals surface area (Å²) >= 11 is 0. The third-order valence-electron chi connectivity index (χ3n) is 3.53. The Labute approximate surface area is 116 Å². The molecule has 0 spiro atoms. The van der Waals surface area contributed by atoms with Crippen molar-refractivity contribution in [1.29, 1.82) is 0 Å². The van der Waals surface area contributed by atoms with Crippen LogP contribution in [-0.2, 0) is 4.84 Å². The van der Waals surface area contributed by atoms with Crippen LogP contribution in [0.1, 0.15) is 26.3 Å². The van der Waals surface area contributed by atoms with Crippen LogP contribution < -0.4 is 0 Å². The molecular weight excluding hydrogens is 254 g/mol. The van der Waals surface area contributed by atoms with Crippen LogP contribution in [0.3, 0.4) is 0 Å². The lowest BCUT2D eigenvalue weighted by Gasteiger charge is -2.14. The minimum atomic E-state index is -0.279. The number of carbonyl (C=O) groups is 2. The summed E-state index contributed by atoms with van der Waals surface area (Å²) in [6.45, 7) is 0. The van der Waals surface area contributed by atoms with Crippen molar-refractivity contribution in [3.05, 3.63) is 59.2 Å². The van der Waals surface area contributed by atoms with Crippen molar-refractivity contribution in [3.8, 4) is 11.1 Å². The molecule has 0 bridgehead atoms. The minimum absolute atomic E-state index is 0.0367. The Kier molecular flexibility index (Phi) is 2.88. The quantitative estimate of drug-likeness (QED) is 0.670. The second kappa shape index (κ2) is 4.58. The molecule has 0 heterocycles. The lowest BCUT2D eigenvalue weighted by Crippen LogP contribution is -2.25. The Morgan fingerprint density at radius 1 is 1.00 bits per heavy atom. The van der Waals surface area contributed by atoms with E-state index in [0.29, 0.717) is 16.7 Å². The molecule has 0 aromatic heterocycles. The third kappa shape index (κ3) is 1.73. The molecule has 1 aliphatic carbocycles. The third-order valence-corrected chi connectivity index (χ3v) is 3.53. The molecule has 0 aliphatic heterocycles. The van der Waals surface area contributed by atoms with Crippen LogP contribution >= 0.6 is 0 Å². The van der Waals surface area contributed by atoms with Crippen LogP contribution in [0.5, 0.6) is 0 Å². The van der Waals surface area contributed by atoms with Gasteiger partial charge in [0.1, 0.15) is 0 Å². The summed E-state index contributed by atoms with van der Waals surface area (Å²) in [6, 6.07) is 12.6. The van der Waals surface area contributed by atoms with E-state index in [4.69, 9.17) is 4.84 Å². The summed E-state index contributed by atoms with van der Waals surface area (Å²) in [5, 5.41) is 1.13. The molecule has 0 saturated carbocycles. The first-order valence-electron chi connectivity index (χ1n) is 6.24. The van der Waals surface area contributed by atoms with E-state index in [9.17, 15) is 9.59 Å². The number of carbonyl (C=O) groups excluding carboxylic acids is 2. The zero-order valence-corrected chi connectivity index (χ0v) is 11.2. The normalized spacial score (nSPS) is 12.0. The maximum atomic E-state index is 12.3. The molecule has 0 unspecified atom stereocenters. The molecule has 0 atom stereocenters. The van der Waals surface area contributed by atoms with E-state index in [1.807, 2.05) is 24.3 Å². The molecule has 2 aromatic rings. The minimum Gasteiger partial charge on any atom is -0.289 e. The van der Waals surface area contributed by atoms with Gasteiger partial charge in [-0.2, -0.15) is 0 Å². The summed E-state index contributed by atoms with van der Waals surface area (Å²) in [5.41, 5.74) is 3.50. The van der Waals surface area contributed by atoms with E-state index in [2.05, 4.69) is 0 Å². The van der Waals surface area contributed by atoms with Gasteiger partial charge < -0.3 is 0 Å². The lowest BCUT2D eigenvalue weighted by molar-refractivity contribution is -0.0756. The zero-order valence-electron chi connectivity index (χ0n) is 11.2. The Balaban J connectivity index is 2.09. The van der Waals surface area contributed by atoms with Gasteiger partial charge in [0.2, 0.25) is 0 Å². The van der Waals surface area contributed by atoms with E-state index in [-0.39, 0.29) is 11.7 Å². The van der Waals surface area contributed by atoms with Gasteiger partial charge in [-0.25, -0.2) is 5.06 Å². The summed E-state index contributed by atoms with van der Waals surface area (Å²) in [7, 11) is 2.96. The largest absolute Gasteiger partial charge is 0.289 e. The number of benzene rings is 2. The van der Waals surface area contributed by atoms with Crippen LogP contribution in [0.4, 0.5) is 0 Å². The smallest absolute Gasteiger partial charge is 0.277 e. The first-order chi connectivity index (χ1) is 9.63. The Morgan fingerprint density at radius 2 is 1.65 bits per heavy atom. The van der Waals surface area contributed by atoms with Gasteiger partial charge >= 0.3 is 0 Å². The Bertz CT molecular complexity index is 721. The zero-order chi connectivity index (χ0) is 14.3. The molecule has 0 fully saturated rings. The Morgan fingerprint density at radius 3 is 2.35 bits per heavy atom. The number of amides is 1. The molecule has 0 radical (unpaired) electrons. The molecule has 1 amide bonds. The molecule has 100 valence electrons. The van der Waals surface area contributed by atoms with Crippen molar-refractivity contribution in [2.45, 2.75) is 0 Å². The van der Waals surface area contributed by atoms with Crippen LogP contribution in [-0.4, -0.2) is 30.9 Å². The Hall–Kier alpha value is -2.46. The van der Waals surface area contributed by atoms with Gasteiger partial charge in [0.15, 0.2) is 5.78 Å². The van der Waals surface area contributed by atoms with E-state index >= 15 is 0 Å². The van der Waals surface area contributed by atoms with Gasteiger partial charge in [-0.05, 0) is 23.3 Å². The highest BCUT2D eigenvalue weighted by Crippen LogP contribution is 2.36. The van der Waals surface area contributed by atoms with Crippen molar-refractivity contribution in [2.75, 3.05) is 14.2 Å². The molecule has 4 heteroatoms. The molecule has 20 heavy (non-hydrogen) atoms. The second-order valence-corrected chi connectivity index (χ2v) is 4.62. The number of hydroxylamine groups is 2. The van der Waals surface area contributed by atoms with Gasteiger partial charge in [0.25, 0.3) is 5.91 Å². The predicted molar refractivity (Wildman–Crippen MR) is 74.4 cm³/mol. The molecule has 1 aliphatic rings. The predicted octanol–water partition coefficient (Wildman–Crippen LogP) is 2.53. The van der Waals surface area contributed by atoms with Crippen molar-refractivity contribution in [1.82, 2.24) is 5.06 Å². The van der Waals surface area contributed by atoms with Crippen LogP contribution in [0.25, 0.3) is 11.1 Å². The summed E-state index contributed by atoms with van der Waals surface area (Å²) < 4.78 is 0. The van der Waals surface area contributed by atoms with Crippen molar-refractivity contribution >= 4 is 11.7 Å². The second-order valence-electron chi connectivity index (χ2n) is 4.62. The maximum absolute atomic E-state index is 12.3. The van der Waals surface area contributed by atoms with E-state index in [0.717, 1.165) is 16.2 Å². The molecule has 3 rings (SSSR count). The standard InChI is InChI=1S/C16H13NO3/c1-17(20-2)16(19)10-7-8-12-11-5-3-4-6-13(11)15(18)14(12)9-10/h3-9H,1-2H3. The molecular formula is C16H13NO3. The summed E-state index contributed by atoms with van der Waals surface area (Å²) in [4.78, 5) is 29.3. The number of ketones is 1. The first-order valence-corrected chi connectivity index (χ1v) is 6.24. The van der Waals surface area contributed by atoms with Crippen LogP contribution in [0, 0.1) is 0 Å². The number of hydrogen-bond donors (Lipinski definition) is 0. The molecule has 0 N–H and O–H groups in total. The highest BCUT2D eigenvalue weighted by Gasteiger charge is 2.27. The topological polar surface area (TPSA) is 46.6 Å². The van der Waals surface area contributed by atoms with Crippen molar-refractivity contribution in [3.63, 3.8) is 0 Å². The van der Waals surface area contributed by atoms with Gasteiger partial charge in [-0.3, -0.25) is 14.4 Å². The fourth-order valence-corrected chi connectivity index (χ4v) is 2.43. The first kappa shape index (κ1) is 12.6. The maximum Gasteiger partial charge on any atom is 0.277 e. The highest BCUT2D eigenvalue weighted by molar-refractivity contribution is 6.22. The monoisotopic (exact) mass is 267 g/mol. The van der Waals surface area contributed by atoms with Gasteiger partial charge in [0.05, 0.1) is 7.11 Å². The molecule has 4 nitrogen and oxygen atoms in total. The number of hydrogen-bond acceptors (Lipinski definition) is 3. The van der Waals surface area contributed by atoms with Gasteiger partial charge in [-0.15, -0.1) is 0 Å². The van der Waals surface area contributed by atoms with E-state index < -0.39 is 0 Å². The molecule has 2 aromatic carbocycles. The number of nitrogens with zero attached hydrogens (tertiary/aromatic N) is 1. The van der Waals surface area contributed by atoms with E-state index in [1.54, 1.807) is 18.2 Å². The average Bonchev–Trinajstić information content (AvgIpc) is 2.79. The number of rotatable bonds is 2. The average molecular weight is 267 g/mol. The summed E-state index contributed by atoms with van der Waals surface area (Å²) in [6.07, 6.45) is 0. The van der Waals surface area contributed by atoms with Crippen molar-refractivity contribution < 1.29 is 14.4 Å². The van der Waals surface area contributed by atoms with Crippen LogP contribution in [0.15, 0.2) is 42.5 Å². The van der Waals surface area contributed by atoms with Crippen LogP contribution in [0.2, 0.25) is 0 Å². The summed E-state index contributed by atoms with van der Waals surface area (Å²) in [5.74, 6) is -0.315. The van der Waals surface area contributed by atoms with Crippen molar-refractivity contribution in [2.24, 2.45) is 0 Å². The highest BCUT2D eigenvalue weighted by atomic mass is 16.7. The fraction of sp³-hybridized carbons (Fsp3) is 0.125.